The van der Waals surface area contributed by atoms with E-state index in [2.05, 4.69) is 5.10 Å². The summed E-state index contributed by atoms with van der Waals surface area (Å²) in [6.07, 6.45) is -3.92. The fraction of sp³-hybridized carbons (Fsp3) is 0.167. The molecule has 0 saturated heterocycles. The lowest BCUT2D eigenvalue weighted by Gasteiger charge is -2.11. The molecule has 0 atom stereocenters. The van der Waals surface area contributed by atoms with E-state index in [-0.39, 0.29) is 27.7 Å². The Morgan fingerprint density at radius 3 is 2.34 bits per heavy atom. The molecule has 0 aliphatic heterocycles. The third-order valence-electron chi connectivity index (χ3n) is 4.01. The Bertz CT molecular complexity index is 1190. The second-order valence-electron chi connectivity index (χ2n) is 6.06. The number of aromatic nitrogens is 2. The molecule has 0 saturated carbocycles. The average Bonchev–Trinajstić information content (AvgIpc) is 3.06. The molecule has 154 valence electrons. The van der Waals surface area contributed by atoms with Crippen LogP contribution in [0.2, 0.25) is 5.02 Å². The lowest BCUT2D eigenvalue weighted by atomic mass is 10.1. The van der Waals surface area contributed by atoms with Gasteiger partial charge in [-0.2, -0.15) is 18.3 Å². The largest absolute Gasteiger partial charge is 0.495 e. The molecule has 0 aliphatic rings. The molecular formula is C18H13ClF4N2O3S. The van der Waals surface area contributed by atoms with Gasteiger partial charge in [-0.1, -0.05) is 17.7 Å². The highest BCUT2D eigenvalue weighted by atomic mass is 35.5. The number of halogens is 5. The Morgan fingerprint density at radius 1 is 1.10 bits per heavy atom. The number of benzene rings is 2. The Morgan fingerprint density at radius 2 is 1.79 bits per heavy atom. The molecule has 0 spiro atoms. The van der Waals surface area contributed by atoms with Crippen LogP contribution in [0.5, 0.6) is 5.75 Å². The summed E-state index contributed by atoms with van der Waals surface area (Å²) in [5, 5.41) is 3.83. The first-order chi connectivity index (χ1) is 13.4. The van der Waals surface area contributed by atoms with Crippen LogP contribution in [-0.2, 0) is 16.0 Å². The van der Waals surface area contributed by atoms with Crippen molar-refractivity contribution in [3.63, 3.8) is 0 Å². The van der Waals surface area contributed by atoms with Crippen molar-refractivity contribution >= 4 is 21.4 Å². The Labute approximate surface area is 168 Å². The molecular weight excluding hydrogens is 436 g/mol. The predicted octanol–water partition coefficient (Wildman–Crippen LogP) is 4.76. The van der Waals surface area contributed by atoms with E-state index in [9.17, 15) is 26.0 Å². The summed E-state index contributed by atoms with van der Waals surface area (Å²) in [6.45, 7) is 0. The van der Waals surface area contributed by atoms with Crippen LogP contribution in [0.1, 0.15) is 5.69 Å². The maximum atomic E-state index is 14.3. The van der Waals surface area contributed by atoms with Crippen LogP contribution >= 0.6 is 11.6 Å². The molecule has 3 rings (SSSR count). The molecule has 11 heteroatoms. The number of hydrogen-bond acceptors (Lipinski definition) is 4. The maximum absolute atomic E-state index is 14.3. The van der Waals surface area contributed by atoms with Crippen molar-refractivity contribution < 1.29 is 30.7 Å². The van der Waals surface area contributed by atoms with Gasteiger partial charge < -0.3 is 4.74 Å². The van der Waals surface area contributed by atoms with Gasteiger partial charge in [-0.15, -0.1) is 0 Å². The minimum Gasteiger partial charge on any atom is -0.495 e. The summed E-state index contributed by atoms with van der Waals surface area (Å²) < 4.78 is 83.3. The summed E-state index contributed by atoms with van der Waals surface area (Å²) in [4.78, 5) is -0.559. The zero-order valence-corrected chi connectivity index (χ0v) is 16.5. The smallest absolute Gasteiger partial charge is 0.435 e. The number of sulfone groups is 1. The fourth-order valence-electron chi connectivity index (χ4n) is 2.66. The van der Waals surface area contributed by atoms with Crippen molar-refractivity contribution in [1.29, 1.82) is 0 Å². The number of hydrogen-bond donors (Lipinski definition) is 0. The fourth-order valence-corrected chi connectivity index (χ4v) is 3.59. The molecule has 0 radical (unpaired) electrons. The molecule has 0 amide bonds. The first-order valence-electron chi connectivity index (χ1n) is 7.93. The zero-order chi connectivity index (χ0) is 21.6. The van der Waals surface area contributed by atoms with Gasteiger partial charge in [0, 0.05) is 17.9 Å². The van der Waals surface area contributed by atoms with E-state index in [4.69, 9.17) is 16.3 Å². The zero-order valence-electron chi connectivity index (χ0n) is 15.0. The summed E-state index contributed by atoms with van der Waals surface area (Å²) in [5.74, 6) is -0.877. The quantitative estimate of drug-likeness (QED) is 0.540. The van der Waals surface area contributed by atoms with Gasteiger partial charge in [-0.05, 0) is 30.3 Å². The van der Waals surface area contributed by atoms with E-state index >= 15 is 0 Å². The van der Waals surface area contributed by atoms with Crippen LogP contribution in [0.3, 0.4) is 0 Å². The van der Waals surface area contributed by atoms with Crippen molar-refractivity contribution in [2.75, 3.05) is 13.4 Å². The summed E-state index contributed by atoms with van der Waals surface area (Å²) in [5.41, 5.74) is -1.11. The summed E-state index contributed by atoms with van der Waals surface area (Å²) in [7, 11) is -2.49. The van der Waals surface area contributed by atoms with Gasteiger partial charge in [0.05, 0.1) is 23.5 Å². The van der Waals surface area contributed by atoms with Crippen LogP contribution in [0.4, 0.5) is 17.6 Å². The highest BCUT2D eigenvalue weighted by molar-refractivity contribution is 7.90. The minimum absolute atomic E-state index is 0.00631. The predicted molar refractivity (Wildman–Crippen MR) is 98.6 cm³/mol. The van der Waals surface area contributed by atoms with Crippen LogP contribution in [0, 0.1) is 5.82 Å². The van der Waals surface area contributed by atoms with Gasteiger partial charge in [0.25, 0.3) is 0 Å². The van der Waals surface area contributed by atoms with Gasteiger partial charge in [0.2, 0.25) is 0 Å². The first kappa shape index (κ1) is 21.1. The molecule has 1 heterocycles. The number of rotatable bonds is 4. The van der Waals surface area contributed by atoms with E-state index in [1.54, 1.807) is 0 Å². The van der Waals surface area contributed by atoms with Crippen LogP contribution in [0.25, 0.3) is 16.9 Å². The number of methoxy groups -OCH3 is 1. The van der Waals surface area contributed by atoms with Gasteiger partial charge in [0.1, 0.15) is 16.5 Å². The monoisotopic (exact) mass is 448 g/mol. The van der Waals surface area contributed by atoms with Gasteiger partial charge >= 0.3 is 6.18 Å². The Hall–Kier alpha value is -2.59. The van der Waals surface area contributed by atoms with Crippen molar-refractivity contribution in [3.05, 3.63) is 59.0 Å². The van der Waals surface area contributed by atoms with E-state index in [1.807, 2.05) is 0 Å². The highest BCUT2D eigenvalue weighted by Gasteiger charge is 2.35. The first-order valence-corrected chi connectivity index (χ1v) is 10.2. The normalized spacial score (nSPS) is 12.2. The second-order valence-corrected chi connectivity index (χ2v) is 8.45. The molecule has 5 nitrogen and oxygen atoms in total. The van der Waals surface area contributed by atoms with Gasteiger partial charge in [-0.3, -0.25) is 0 Å². The number of ether oxygens (including phenoxy) is 1. The molecule has 1 aromatic heterocycles. The summed E-state index contributed by atoms with van der Waals surface area (Å²) in [6, 6.07) is 8.01. The molecule has 0 fully saturated rings. The summed E-state index contributed by atoms with van der Waals surface area (Å²) >= 11 is 5.96. The molecule has 0 aliphatic carbocycles. The Kier molecular flexibility index (Phi) is 5.35. The highest BCUT2D eigenvalue weighted by Crippen LogP contribution is 2.35. The van der Waals surface area contributed by atoms with Gasteiger partial charge in [-0.25, -0.2) is 17.5 Å². The van der Waals surface area contributed by atoms with Crippen LogP contribution in [0.15, 0.2) is 47.4 Å². The molecule has 3 aromatic rings. The number of alkyl halides is 3. The molecule has 29 heavy (non-hydrogen) atoms. The Balaban J connectivity index is 2.24. The molecule has 2 aromatic carbocycles. The van der Waals surface area contributed by atoms with E-state index in [1.165, 1.54) is 31.4 Å². The van der Waals surface area contributed by atoms with E-state index in [0.717, 1.165) is 29.1 Å². The molecule has 0 N–H and O–H groups in total. The molecule has 0 unspecified atom stereocenters. The van der Waals surface area contributed by atoms with E-state index < -0.39 is 32.4 Å². The van der Waals surface area contributed by atoms with Crippen molar-refractivity contribution in [3.8, 4) is 22.7 Å². The number of nitrogens with zero attached hydrogens (tertiary/aromatic N) is 2. The van der Waals surface area contributed by atoms with Crippen LogP contribution < -0.4 is 4.74 Å². The topological polar surface area (TPSA) is 61.2 Å². The lowest BCUT2D eigenvalue weighted by Crippen LogP contribution is -2.07. The SMILES string of the molecule is COc1cc(-n2nc(C(F)(F)F)cc2-c2ccc(S(C)(=O)=O)c(F)c2)ccc1Cl. The van der Waals surface area contributed by atoms with E-state index in [0.29, 0.717) is 0 Å². The van der Waals surface area contributed by atoms with Crippen molar-refractivity contribution in [2.45, 2.75) is 11.1 Å². The van der Waals surface area contributed by atoms with Crippen molar-refractivity contribution in [1.82, 2.24) is 9.78 Å². The maximum Gasteiger partial charge on any atom is 0.435 e. The molecule has 0 bridgehead atoms. The minimum atomic E-state index is -4.75. The van der Waals surface area contributed by atoms with Crippen molar-refractivity contribution in [2.24, 2.45) is 0 Å². The second kappa shape index (κ2) is 7.34. The standard InChI is InChI=1S/C18H13ClF4N2O3S/c1-28-15-8-11(4-5-12(15)19)25-14(9-17(24-25)18(21,22)23)10-3-6-16(13(20)7-10)29(2,26)27/h3-9H,1-2H3. The average molecular weight is 449 g/mol. The van der Waals surface area contributed by atoms with Gasteiger partial charge in [0.15, 0.2) is 15.5 Å². The third kappa shape index (κ3) is 4.23. The van der Waals surface area contributed by atoms with Crippen LogP contribution in [-0.4, -0.2) is 31.6 Å². The third-order valence-corrected chi connectivity index (χ3v) is 5.45. The lowest BCUT2D eigenvalue weighted by molar-refractivity contribution is -0.141.